The molecule has 0 bridgehead atoms. The molecule has 1 aromatic carbocycles. The summed E-state index contributed by atoms with van der Waals surface area (Å²) in [5.74, 6) is -0.0717. The molecule has 0 unspecified atom stereocenters. The molecule has 20 heavy (non-hydrogen) atoms. The molecule has 0 aliphatic rings. The van der Waals surface area contributed by atoms with Crippen molar-refractivity contribution in [3.63, 3.8) is 0 Å². The van der Waals surface area contributed by atoms with Crippen LogP contribution in [0, 0.1) is 0 Å². The molecular weight excluding hydrogens is 254 g/mol. The Bertz CT molecular complexity index is 723. The Morgan fingerprint density at radius 2 is 2.20 bits per heavy atom. The van der Waals surface area contributed by atoms with Crippen molar-refractivity contribution in [3.05, 3.63) is 49.2 Å². The van der Waals surface area contributed by atoms with Crippen LogP contribution in [0.3, 0.4) is 0 Å². The number of carbonyl (C=O) groups excluding carboxylic acids is 1. The van der Waals surface area contributed by atoms with Crippen molar-refractivity contribution in [2.75, 3.05) is 5.32 Å². The van der Waals surface area contributed by atoms with E-state index in [0.717, 1.165) is 10.9 Å². The van der Waals surface area contributed by atoms with E-state index in [9.17, 15) is 4.79 Å². The zero-order valence-corrected chi connectivity index (χ0v) is 10.7. The van der Waals surface area contributed by atoms with E-state index in [0.29, 0.717) is 18.7 Å². The number of fused-ring (bicyclic) bond motifs is 1. The first kappa shape index (κ1) is 12.3. The van der Waals surface area contributed by atoms with Crippen LogP contribution in [0.25, 0.3) is 10.9 Å². The highest BCUT2D eigenvalue weighted by Crippen LogP contribution is 2.16. The number of aryl methyl sites for hydroxylation is 1. The van der Waals surface area contributed by atoms with Gasteiger partial charge in [0.1, 0.15) is 12.7 Å². The van der Waals surface area contributed by atoms with E-state index >= 15 is 0 Å². The molecule has 100 valence electrons. The quantitative estimate of drug-likeness (QED) is 0.783. The number of para-hydroxylation sites is 1. The van der Waals surface area contributed by atoms with Gasteiger partial charge in [0.25, 0.3) is 0 Å². The number of nitrogens with zero attached hydrogens (tertiary/aromatic N) is 4. The van der Waals surface area contributed by atoms with Crippen molar-refractivity contribution < 1.29 is 4.79 Å². The number of benzene rings is 1. The van der Waals surface area contributed by atoms with E-state index in [1.807, 2.05) is 30.3 Å². The number of pyridine rings is 1. The molecule has 0 aliphatic carbocycles. The highest BCUT2D eigenvalue weighted by atomic mass is 16.1. The SMILES string of the molecule is O=C(CCn1cncn1)Nc1cnc2ccccc2c1. The van der Waals surface area contributed by atoms with Crippen LogP contribution in [0.4, 0.5) is 5.69 Å². The van der Waals surface area contributed by atoms with E-state index in [1.165, 1.54) is 6.33 Å². The van der Waals surface area contributed by atoms with Crippen LogP contribution in [0.5, 0.6) is 0 Å². The van der Waals surface area contributed by atoms with Crippen LogP contribution in [0.1, 0.15) is 6.42 Å². The maximum Gasteiger partial charge on any atom is 0.226 e. The average molecular weight is 267 g/mol. The standard InChI is InChI=1S/C14H13N5O/c20-14(5-6-19-10-15-9-17-19)18-12-7-11-3-1-2-4-13(11)16-8-12/h1-4,7-10H,5-6H2,(H,18,20). The molecule has 1 amide bonds. The van der Waals surface area contributed by atoms with Gasteiger partial charge in [0, 0.05) is 11.8 Å². The van der Waals surface area contributed by atoms with Gasteiger partial charge in [-0.25, -0.2) is 4.98 Å². The molecule has 0 aliphatic heterocycles. The van der Waals surface area contributed by atoms with Gasteiger partial charge in [0.15, 0.2) is 0 Å². The Labute approximate surface area is 115 Å². The zero-order chi connectivity index (χ0) is 13.8. The predicted octanol–water partition coefficient (Wildman–Crippen LogP) is 1.86. The van der Waals surface area contributed by atoms with Crippen molar-refractivity contribution in [3.8, 4) is 0 Å². The predicted molar refractivity (Wildman–Crippen MR) is 75.0 cm³/mol. The summed E-state index contributed by atoms with van der Waals surface area (Å²) in [5.41, 5.74) is 1.61. The first-order valence-corrected chi connectivity index (χ1v) is 6.28. The lowest BCUT2D eigenvalue weighted by atomic mass is 10.2. The summed E-state index contributed by atoms with van der Waals surface area (Å²) in [6, 6.07) is 9.70. The van der Waals surface area contributed by atoms with Crippen LogP contribution in [-0.2, 0) is 11.3 Å². The van der Waals surface area contributed by atoms with E-state index in [2.05, 4.69) is 20.4 Å². The number of nitrogens with one attached hydrogen (secondary N) is 1. The summed E-state index contributed by atoms with van der Waals surface area (Å²) in [6.45, 7) is 0.507. The molecule has 3 rings (SSSR count). The zero-order valence-electron chi connectivity index (χ0n) is 10.7. The van der Waals surface area contributed by atoms with Crippen molar-refractivity contribution in [1.82, 2.24) is 19.7 Å². The average Bonchev–Trinajstić information content (AvgIpc) is 2.98. The number of anilines is 1. The first-order valence-electron chi connectivity index (χ1n) is 6.28. The van der Waals surface area contributed by atoms with Gasteiger partial charge in [-0.05, 0) is 12.1 Å². The molecule has 0 fully saturated rings. The van der Waals surface area contributed by atoms with Crippen molar-refractivity contribution in [2.45, 2.75) is 13.0 Å². The molecule has 6 nitrogen and oxygen atoms in total. The largest absolute Gasteiger partial charge is 0.325 e. The number of amides is 1. The van der Waals surface area contributed by atoms with E-state index in [-0.39, 0.29) is 5.91 Å². The minimum atomic E-state index is -0.0717. The summed E-state index contributed by atoms with van der Waals surface area (Å²) < 4.78 is 1.62. The molecule has 6 heteroatoms. The third-order valence-electron chi connectivity index (χ3n) is 2.91. The first-order chi connectivity index (χ1) is 9.81. The van der Waals surface area contributed by atoms with Gasteiger partial charge in [0.2, 0.25) is 5.91 Å². The normalized spacial score (nSPS) is 10.6. The minimum absolute atomic E-state index is 0.0717. The number of hydrogen-bond donors (Lipinski definition) is 1. The summed E-state index contributed by atoms with van der Waals surface area (Å²) in [7, 11) is 0. The Morgan fingerprint density at radius 1 is 1.30 bits per heavy atom. The number of carbonyl (C=O) groups is 1. The fraction of sp³-hybridized carbons (Fsp3) is 0.143. The molecule has 1 N–H and O–H groups in total. The molecule has 0 radical (unpaired) electrons. The Balaban J connectivity index is 1.65. The number of hydrogen-bond acceptors (Lipinski definition) is 4. The highest BCUT2D eigenvalue weighted by Gasteiger charge is 2.04. The second-order valence-corrected chi connectivity index (χ2v) is 4.37. The molecule has 0 atom stereocenters. The molecule has 0 saturated heterocycles. The molecule has 3 aromatic rings. The third kappa shape index (κ3) is 2.80. The van der Waals surface area contributed by atoms with Gasteiger partial charge in [-0.2, -0.15) is 5.10 Å². The van der Waals surface area contributed by atoms with E-state index in [1.54, 1.807) is 17.2 Å². The van der Waals surface area contributed by atoms with E-state index in [4.69, 9.17) is 0 Å². The van der Waals surface area contributed by atoms with Crippen LogP contribution < -0.4 is 5.32 Å². The van der Waals surface area contributed by atoms with Gasteiger partial charge in [0.05, 0.1) is 23.9 Å². The highest BCUT2D eigenvalue weighted by molar-refractivity contribution is 5.92. The summed E-state index contributed by atoms with van der Waals surface area (Å²) in [6.07, 6.45) is 5.04. The number of aromatic nitrogens is 4. The Morgan fingerprint density at radius 3 is 3.05 bits per heavy atom. The van der Waals surface area contributed by atoms with Crippen LogP contribution in [-0.4, -0.2) is 25.7 Å². The fourth-order valence-corrected chi connectivity index (χ4v) is 1.93. The second kappa shape index (κ2) is 5.48. The fourth-order valence-electron chi connectivity index (χ4n) is 1.93. The minimum Gasteiger partial charge on any atom is -0.325 e. The van der Waals surface area contributed by atoms with E-state index < -0.39 is 0 Å². The van der Waals surface area contributed by atoms with Gasteiger partial charge < -0.3 is 5.32 Å². The Hall–Kier alpha value is -2.76. The monoisotopic (exact) mass is 267 g/mol. The van der Waals surface area contributed by atoms with Gasteiger partial charge in [-0.3, -0.25) is 14.5 Å². The topological polar surface area (TPSA) is 72.7 Å². The van der Waals surface area contributed by atoms with Crippen molar-refractivity contribution in [2.24, 2.45) is 0 Å². The molecular formula is C14H13N5O. The van der Waals surface area contributed by atoms with Gasteiger partial charge >= 0.3 is 0 Å². The lowest BCUT2D eigenvalue weighted by Crippen LogP contribution is -2.14. The maximum absolute atomic E-state index is 11.8. The van der Waals surface area contributed by atoms with Gasteiger partial charge in [-0.1, -0.05) is 18.2 Å². The lowest BCUT2D eigenvalue weighted by molar-refractivity contribution is -0.116. The molecule has 2 heterocycles. The third-order valence-corrected chi connectivity index (χ3v) is 2.91. The molecule has 2 aromatic heterocycles. The van der Waals surface area contributed by atoms with Crippen molar-refractivity contribution in [1.29, 1.82) is 0 Å². The lowest BCUT2D eigenvalue weighted by Gasteiger charge is -2.06. The van der Waals surface area contributed by atoms with Crippen molar-refractivity contribution >= 4 is 22.5 Å². The molecule has 0 saturated carbocycles. The van der Waals surface area contributed by atoms with Gasteiger partial charge in [-0.15, -0.1) is 0 Å². The molecule has 0 spiro atoms. The van der Waals surface area contributed by atoms with Crippen LogP contribution >= 0.6 is 0 Å². The summed E-state index contributed by atoms with van der Waals surface area (Å²) in [4.78, 5) is 20.0. The summed E-state index contributed by atoms with van der Waals surface area (Å²) in [5, 5.41) is 7.78. The van der Waals surface area contributed by atoms with Crippen LogP contribution in [0.2, 0.25) is 0 Å². The summed E-state index contributed by atoms with van der Waals surface area (Å²) >= 11 is 0. The second-order valence-electron chi connectivity index (χ2n) is 4.37. The van der Waals surface area contributed by atoms with Crippen LogP contribution in [0.15, 0.2) is 49.2 Å². The smallest absolute Gasteiger partial charge is 0.226 e. The Kier molecular flexibility index (Phi) is 3.36. The number of rotatable bonds is 4. The maximum atomic E-state index is 11.8.